The zero-order chi connectivity index (χ0) is 47.4. The Balaban J connectivity index is 4.47. The summed E-state index contributed by atoms with van der Waals surface area (Å²) in [5.41, 5.74) is 0. The zero-order valence-corrected chi connectivity index (χ0v) is 44.4. The van der Waals surface area contributed by atoms with Gasteiger partial charge < -0.3 is 20.3 Å². The summed E-state index contributed by atoms with van der Waals surface area (Å²) in [6, 6.07) is -0.693. The van der Waals surface area contributed by atoms with Crippen LogP contribution in [0.5, 0.6) is 0 Å². The first-order chi connectivity index (χ1) is 32.0. The summed E-state index contributed by atoms with van der Waals surface area (Å²) in [4.78, 5) is 26.3. The second-order valence-corrected chi connectivity index (χ2v) is 20.8. The van der Waals surface area contributed by atoms with Gasteiger partial charge >= 0.3 is 5.97 Å². The molecule has 0 saturated heterocycles. The summed E-state index contributed by atoms with van der Waals surface area (Å²) >= 11 is 0. The van der Waals surface area contributed by atoms with Crippen molar-refractivity contribution in [2.45, 2.75) is 360 Å². The summed E-state index contributed by atoms with van der Waals surface area (Å²) in [6.07, 6.45) is 60.3. The molecule has 0 aliphatic rings. The molecule has 0 aliphatic heterocycles. The molecule has 0 aliphatic carbocycles. The average molecular weight is 921 g/mol. The molecule has 0 bridgehead atoms. The van der Waals surface area contributed by atoms with Crippen LogP contribution in [0.1, 0.15) is 342 Å². The van der Waals surface area contributed by atoms with Gasteiger partial charge in [-0.25, -0.2) is 0 Å². The number of aliphatic hydroxyl groups is 2. The molecule has 0 heterocycles. The Morgan fingerprint density at radius 1 is 0.385 bits per heavy atom. The number of amides is 1. The highest BCUT2D eigenvalue weighted by atomic mass is 16.5. The molecule has 0 aromatic carbocycles. The predicted molar refractivity (Wildman–Crippen MR) is 283 cm³/mol. The molecule has 1 amide bonds. The molecule has 0 fully saturated rings. The van der Waals surface area contributed by atoms with Crippen molar-refractivity contribution in [3.8, 4) is 0 Å². The van der Waals surface area contributed by atoms with Crippen LogP contribution in [0.15, 0.2) is 0 Å². The average Bonchev–Trinajstić information content (AvgIpc) is 3.30. The Morgan fingerprint density at radius 2 is 0.646 bits per heavy atom. The van der Waals surface area contributed by atoms with Crippen molar-refractivity contribution in [2.75, 3.05) is 6.61 Å². The van der Waals surface area contributed by atoms with Crippen LogP contribution in [0.4, 0.5) is 0 Å². The van der Waals surface area contributed by atoms with Crippen LogP contribution in [0.2, 0.25) is 0 Å². The number of ether oxygens (including phenoxy) is 1. The van der Waals surface area contributed by atoms with Crippen LogP contribution in [0.25, 0.3) is 0 Å². The molecule has 6 heteroatoms. The number of hydrogen-bond acceptors (Lipinski definition) is 5. The number of nitrogens with one attached hydrogen (secondary N) is 1. The van der Waals surface area contributed by atoms with Crippen LogP contribution >= 0.6 is 0 Å². The van der Waals surface area contributed by atoms with Crippen LogP contribution < -0.4 is 5.32 Å². The molecular weight excluding hydrogens is 803 g/mol. The van der Waals surface area contributed by atoms with E-state index >= 15 is 0 Å². The van der Waals surface area contributed by atoms with Crippen molar-refractivity contribution in [1.82, 2.24) is 5.32 Å². The minimum Gasteiger partial charge on any atom is -0.462 e. The topological polar surface area (TPSA) is 95.9 Å². The molecule has 0 rings (SSSR count). The molecule has 65 heavy (non-hydrogen) atoms. The monoisotopic (exact) mass is 920 g/mol. The lowest BCUT2D eigenvalue weighted by Crippen LogP contribution is -2.46. The number of rotatable bonds is 55. The van der Waals surface area contributed by atoms with Crippen molar-refractivity contribution >= 4 is 11.9 Å². The lowest BCUT2D eigenvalue weighted by molar-refractivity contribution is -0.151. The first kappa shape index (κ1) is 63.9. The molecule has 388 valence electrons. The standard InChI is InChI=1S/C59H117NO5/c1-4-7-10-13-16-19-22-25-27-28-29-31-34-37-40-43-46-49-52-59(64)65-55(50-47-44-41-38-35-33-30-26-23-20-17-14-11-8-5-2)53-58(63)60-56(54-61)57(62)51-48-45-42-39-36-32-24-21-18-15-12-9-6-3/h55-57,61-62H,4-54H2,1-3H3,(H,60,63). The summed E-state index contributed by atoms with van der Waals surface area (Å²) in [5, 5.41) is 23.9. The lowest BCUT2D eigenvalue weighted by Gasteiger charge is -2.24. The van der Waals surface area contributed by atoms with Gasteiger partial charge in [-0.05, 0) is 25.7 Å². The molecule has 3 unspecified atom stereocenters. The van der Waals surface area contributed by atoms with Gasteiger partial charge in [-0.1, -0.05) is 303 Å². The Morgan fingerprint density at radius 3 is 0.938 bits per heavy atom. The molecule has 3 atom stereocenters. The number of carbonyl (C=O) groups excluding carboxylic acids is 2. The number of unbranched alkanes of at least 4 members (excludes halogenated alkanes) is 43. The van der Waals surface area contributed by atoms with Gasteiger partial charge in [0, 0.05) is 6.42 Å². The number of esters is 1. The normalized spacial score (nSPS) is 13.0. The number of aliphatic hydroxyl groups excluding tert-OH is 2. The summed E-state index contributed by atoms with van der Waals surface area (Å²) in [7, 11) is 0. The maximum absolute atomic E-state index is 13.3. The van der Waals surface area contributed by atoms with Crippen molar-refractivity contribution in [2.24, 2.45) is 0 Å². The Labute approximate surface area is 406 Å². The van der Waals surface area contributed by atoms with E-state index in [0.29, 0.717) is 19.3 Å². The Hall–Kier alpha value is -1.14. The predicted octanol–water partition coefficient (Wildman–Crippen LogP) is 18.3. The zero-order valence-electron chi connectivity index (χ0n) is 44.4. The molecular formula is C59H117NO5. The highest BCUT2D eigenvalue weighted by molar-refractivity contribution is 5.77. The maximum Gasteiger partial charge on any atom is 0.306 e. The van der Waals surface area contributed by atoms with Gasteiger partial charge in [-0.2, -0.15) is 0 Å². The van der Waals surface area contributed by atoms with Gasteiger partial charge in [-0.15, -0.1) is 0 Å². The highest BCUT2D eigenvalue weighted by Crippen LogP contribution is 2.20. The van der Waals surface area contributed by atoms with Crippen LogP contribution in [-0.2, 0) is 14.3 Å². The van der Waals surface area contributed by atoms with Crippen molar-refractivity contribution in [3.05, 3.63) is 0 Å². The fourth-order valence-electron chi connectivity index (χ4n) is 9.67. The molecule has 3 N–H and O–H groups in total. The van der Waals surface area contributed by atoms with E-state index < -0.39 is 18.2 Å². The van der Waals surface area contributed by atoms with Gasteiger partial charge in [0.2, 0.25) is 5.91 Å². The van der Waals surface area contributed by atoms with Gasteiger partial charge in [-0.3, -0.25) is 9.59 Å². The van der Waals surface area contributed by atoms with E-state index in [-0.39, 0.29) is 24.9 Å². The first-order valence-corrected chi connectivity index (χ1v) is 29.8. The van der Waals surface area contributed by atoms with Crippen LogP contribution in [-0.4, -0.2) is 46.9 Å². The second kappa shape index (κ2) is 53.8. The number of hydrogen-bond donors (Lipinski definition) is 3. The van der Waals surface area contributed by atoms with E-state index in [2.05, 4.69) is 26.1 Å². The molecule has 0 spiro atoms. The summed E-state index contributed by atoms with van der Waals surface area (Å²) < 4.78 is 5.98. The number of carbonyl (C=O) groups is 2. The van der Waals surface area contributed by atoms with Crippen LogP contribution in [0.3, 0.4) is 0 Å². The van der Waals surface area contributed by atoms with Crippen molar-refractivity contribution in [3.63, 3.8) is 0 Å². The summed E-state index contributed by atoms with van der Waals surface area (Å²) in [6.45, 7) is 6.54. The molecule has 0 aromatic heterocycles. The van der Waals surface area contributed by atoms with E-state index in [4.69, 9.17) is 4.74 Å². The Bertz CT molecular complexity index is 944. The lowest BCUT2D eigenvalue weighted by atomic mass is 10.0. The molecule has 0 saturated carbocycles. The highest BCUT2D eigenvalue weighted by Gasteiger charge is 2.24. The molecule has 0 radical (unpaired) electrons. The Kier molecular flexibility index (Phi) is 52.9. The smallest absolute Gasteiger partial charge is 0.306 e. The van der Waals surface area contributed by atoms with E-state index in [1.807, 2.05) is 0 Å². The van der Waals surface area contributed by atoms with Gasteiger partial charge in [0.15, 0.2) is 0 Å². The largest absolute Gasteiger partial charge is 0.462 e. The third-order valence-electron chi connectivity index (χ3n) is 14.2. The quantitative estimate of drug-likeness (QED) is 0.0417. The third-order valence-corrected chi connectivity index (χ3v) is 14.2. The maximum atomic E-state index is 13.3. The fourth-order valence-corrected chi connectivity index (χ4v) is 9.67. The SMILES string of the molecule is CCCCCCCCCCCCCCCCCCCCC(=O)OC(CCCCCCCCCCCCCCCCC)CC(=O)NC(CO)C(O)CCCCCCCCCCCCCCC. The summed E-state index contributed by atoms with van der Waals surface area (Å²) in [5.74, 6) is -0.443. The third kappa shape index (κ3) is 49.1. The minimum atomic E-state index is -0.780. The molecule has 0 aromatic rings. The van der Waals surface area contributed by atoms with Crippen molar-refractivity contribution in [1.29, 1.82) is 0 Å². The second-order valence-electron chi connectivity index (χ2n) is 20.8. The minimum absolute atomic E-state index is 0.0887. The molecule has 6 nitrogen and oxygen atoms in total. The first-order valence-electron chi connectivity index (χ1n) is 29.8. The van der Waals surface area contributed by atoms with E-state index in [0.717, 1.165) is 38.5 Å². The van der Waals surface area contributed by atoms with Crippen LogP contribution in [0, 0.1) is 0 Å². The van der Waals surface area contributed by atoms with Gasteiger partial charge in [0.05, 0.1) is 25.2 Å². The van der Waals surface area contributed by atoms with Gasteiger partial charge in [0.25, 0.3) is 0 Å². The van der Waals surface area contributed by atoms with Gasteiger partial charge in [0.1, 0.15) is 6.10 Å². The van der Waals surface area contributed by atoms with E-state index in [9.17, 15) is 19.8 Å². The fraction of sp³-hybridized carbons (Fsp3) is 0.966. The van der Waals surface area contributed by atoms with E-state index in [1.165, 1.54) is 257 Å². The van der Waals surface area contributed by atoms with E-state index in [1.54, 1.807) is 0 Å². The van der Waals surface area contributed by atoms with Crippen molar-refractivity contribution < 1.29 is 24.5 Å².